The lowest BCUT2D eigenvalue weighted by molar-refractivity contribution is 0.590. The number of rotatable bonds is 6. The maximum Gasteiger partial charge on any atom is 0.147 e. The van der Waals surface area contributed by atoms with Gasteiger partial charge in [0.05, 0.1) is 5.39 Å². The van der Waals surface area contributed by atoms with Gasteiger partial charge in [-0.2, -0.15) is 0 Å². The zero-order valence-electron chi connectivity index (χ0n) is 42.9. The molecule has 0 aliphatic carbocycles. The van der Waals surface area contributed by atoms with Crippen LogP contribution in [0.3, 0.4) is 0 Å². The quantitative estimate of drug-likeness (QED) is 0.166. The summed E-state index contributed by atoms with van der Waals surface area (Å²) in [6.45, 7) is 27.2. The molecule has 0 spiro atoms. The molecule has 0 amide bonds. The highest BCUT2D eigenvalue weighted by atomic mass is 16.3. The van der Waals surface area contributed by atoms with Crippen LogP contribution < -0.4 is 9.80 Å². The summed E-state index contributed by atoms with van der Waals surface area (Å²) in [5.74, 6) is 0. The lowest BCUT2D eigenvalue weighted by atomic mass is 9.86. The standard InChI is InChI=1S/C66H64N2O2/c1-63(2,3)43-15-23-47(24-16-43)67(48-25-17-44(18-26-48)64(4,5)6)51-31-35-53-41(39-51)13-33-55-56-37-38-58-59(62(56)70-60(53)55)57-34-14-42-40-52(32-36-54(42)61(57)69-58)68(49-27-19-45(20-28-49)65(7,8)9)50-29-21-46(22-30-50)66(10,11)12/h13-40H,1-12H3. The minimum atomic E-state index is 0.0627. The van der Waals surface area contributed by atoms with E-state index in [0.717, 1.165) is 99.5 Å². The highest BCUT2D eigenvalue weighted by Gasteiger charge is 2.24. The molecule has 0 aliphatic rings. The van der Waals surface area contributed by atoms with Crippen molar-refractivity contribution in [2.24, 2.45) is 0 Å². The van der Waals surface area contributed by atoms with Crippen molar-refractivity contribution in [2.45, 2.75) is 105 Å². The summed E-state index contributed by atoms with van der Waals surface area (Å²) in [7, 11) is 0. The number of benzene rings is 9. The van der Waals surface area contributed by atoms with E-state index in [1.54, 1.807) is 0 Å². The zero-order valence-corrected chi connectivity index (χ0v) is 42.9. The van der Waals surface area contributed by atoms with E-state index in [2.05, 4.69) is 263 Å². The number of anilines is 6. The van der Waals surface area contributed by atoms with E-state index < -0.39 is 0 Å². The average molecular weight is 917 g/mol. The molecule has 2 heterocycles. The molecule has 11 rings (SSSR count). The first-order valence-corrected chi connectivity index (χ1v) is 24.9. The van der Waals surface area contributed by atoms with Gasteiger partial charge in [-0.3, -0.25) is 0 Å². The molecule has 0 unspecified atom stereocenters. The second kappa shape index (κ2) is 16.1. The Morgan fingerprint density at radius 3 is 0.943 bits per heavy atom. The minimum absolute atomic E-state index is 0.0627. The molecule has 0 saturated carbocycles. The van der Waals surface area contributed by atoms with Gasteiger partial charge < -0.3 is 18.6 Å². The maximum atomic E-state index is 7.04. The Morgan fingerprint density at radius 1 is 0.271 bits per heavy atom. The van der Waals surface area contributed by atoms with Gasteiger partial charge in [0.2, 0.25) is 0 Å². The minimum Gasteiger partial charge on any atom is -0.455 e. The van der Waals surface area contributed by atoms with Gasteiger partial charge in [0.25, 0.3) is 0 Å². The van der Waals surface area contributed by atoms with Gasteiger partial charge in [-0.05, 0) is 164 Å². The maximum absolute atomic E-state index is 7.04. The molecular formula is C66H64N2O2. The molecule has 4 nitrogen and oxygen atoms in total. The number of furan rings is 2. The Balaban J connectivity index is 1.00. The molecule has 0 fully saturated rings. The Bertz CT molecular complexity index is 3650. The molecule has 2 aromatic heterocycles. The molecule has 70 heavy (non-hydrogen) atoms. The third kappa shape index (κ3) is 7.88. The van der Waals surface area contributed by atoms with Crippen LogP contribution in [0.5, 0.6) is 0 Å². The fourth-order valence-electron chi connectivity index (χ4n) is 10.3. The van der Waals surface area contributed by atoms with Crippen LogP contribution in [0, 0.1) is 0 Å². The first-order chi connectivity index (χ1) is 33.2. The van der Waals surface area contributed by atoms with Gasteiger partial charge in [0, 0.05) is 61.1 Å². The second-order valence-corrected chi connectivity index (χ2v) is 23.6. The van der Waals surface area contributed by atoms with E-state index in [0.29, 0.717) is 0 Å². The molecule has 350 valence electrons. The van der Waals surface area contributed by atoms with Gasteiger partial charge in [-0.15, -0.1) is 0 Å². The molecule has 11 aromatic rings. The topological polar surface area (TPSA) is 32.8 Å². The van der Waals surface area contributed by atoms with Gasteiger partial charge in [0.1, 0.15) is 22.3 Å². The monoisotopic (exact) mass is 916 g/mol. The third-order valence-electron chi connectivity index (χ3n) is 14.5. The molecule has 0 bridgehead atoms. The number of hydrogen-bond donors (Lipinski definition) is 0. The second-order valence-electron chi connectivity index (χ2n) is 23.6. The van der Waals surface area contributed by atoms with Crippen LogP contribution in [0.4, 0.5) is 34.1 Å². The summed E-state index contributed by atoms with van der Waals surface area (Å²) >= 11 is 0. The molecule has 4 heteroatoms. The van der Waals surface area contributed by atoms with Crippen molar-refractivity contribution in [2.75, 3.05) is 9.80 Å². The van der Waals surface area contributed by atoms with Crippen molar-refractivity contribution >= 4 is 99.5 Å². The van der Waals surface area contributed by atoms with Crippen molar-refractivity contribution in [3.8, 4) is 0 Å². The molecule has 0 atom stereocenters. The number of fused-ring (bicyclic) bond motifs is 11. The average Bonchev–Trinajstić information content (AvgIpc) is 3.90. The Kier molecular flexibility index (Phi) is 10.4. The van der Waals surface area contributed by atoms with E-state index in [1.165, 1.54) is 22.3 Å². The molecule has 0 aliphatic heterocycles. The summed E-state index contributed by atoms with van der Waals surface area (Å²) in [6, 6.07) is 62.8. The van der Waals surface area contributed by atoms with Crippen LogP contribution in [0.15, 0.2) is 179 Å². The first-order valence-electron chi connectivity index (χ1n) is 24.9. The first kappa shape index (κ1) is 45.2. The number of nitrogens with zero attached hydrogens (tertiary/aromatic N) is 2. The SMILES string of the molecule is CC(C)(C)c1ccc(N(c2ccc(C(C)(C)C)cc2)c2ccc3c(ccc4c5ccc6oc7c8ccc(N(c9ccc(C(C)(C)C)cc9)c9ccc(C(C)(C)C)cc9)cc8ccc7c6c5oc34)c2)cc1. The summed E-state index contributed by atoms with van der Waals surface area (Å²) in [4.78, 5) is 4.72. The smallest absolute Gasteiger partial charge is 0.147 e. The lowest BCUT2D eigenvalue weighted by Crippen LogP contribution is -2.14. The molecular weight excluding hydrogens is 853 g/mol. The van der Waals surface area contributed by atoms with Crippen molar-refractivity contribution < 1.29 is 8.83 Å². The summed E-state index contributed by atoms with van der Waals surface area (Å²) < 4.78 is 13.9. The summed E-state index contributed by atoms with van der Waals surface area (Å²) in [5.41, 5.74) is 15.6. The van der Waals surface area contributed by atoms with Gasteiger partial charge in [0.15, 0.2) is 0 Å². The van der Waals surface area contributed by atoms with E-state index >= 15 is 0 Å². The summed E-state index contributed by atoms with van der Waals surface area (Å²) in [6.07, 6.45) is 0. The van der Waals surface area contributed by atoms with Crippen molar-refractivity contribution in [1.82, 2.24) is 0 Å². The van der Waals surface area contributed by atoms with Gasteiger partial charge in [-0.1, -0.05) is 144 Å². The van der Waals surface area contributed by atoms with Crippen LogP contribution in [-0.4, -0.2) is 0 Å². The highest BCUT2D eigenvalue weighted by Crippen LogP contribution is 2.46. The largest absolute Gasteiger partial charge is 0.455 e. The van der Waals surface area contributed by atoms with Crippen molar-refractivity contribution in [3.05, 3.63) is 192 Å². The molecule has 9 aromatic carbocycles. The van der Waals surface area contributed by atoms with Crippen LogP contribution in [0.2, 0.25) is 0 Å². The summed E-state index contributed by atoms with van der Waals surface area (Å²) in [5, 5.41) is 8.59. The highest BCUT2D eigenvalue weighted by molar-refractivity contribution is 6.27. The van der Waals surface area contributed by atoms with E-state index in [-0.39, 0.29) is 21.7 Å². The van der Waals surface area contributed by atoms with Gasteiger partial charge in [-0.25, -0.2) is 0 Å². The predicted octanol–water partition coefficient (Wildman–Crippen LogP) is 19.9. The van der Waals surface area contributed by atoms with E-state index in [4.69, 9.17) is 8.83 Å². The van der Waals surface area contributed by atoms with Crippen molar-refractivity contribution in [1.29, 1.82) is 0 Å². The fraction of sp³-hybridized carbons (Fsp3) is 0.242. The van der Waals surface area contributed by atoms with Gasteiger partial charge >= 0.3 is 0 Å². The Labute approximate surface area is 413 Å². The molecule has 0 N–H and O–H groups in total. The Hall–Kier alpha value is -7.30. The Morgan fingerprint density at radius 2 is 0.571 bits per heavy atom. The zero-order chi connectivity index (χ0) is 49.1. The van der Waals surface area contributed by atoms with Crippen LogP contribution in [-0.2, 0) is 21.7 Å². The molecule has 0 saturated heterocycles. The van der Waals surface area contributed by atoms with Crippen LogP contribution >= 0.6 is 0 Å². The normalized spacial score (nSPS) is 12.9. The van der Waals surface area contributed by atoms with Crippen LogP contribution in [0.25, 0.3) is 65.4 Å². The van der Waals surface area contributed by atoms with E-state index in [9.17, 15) is 0 Å². The van der Waals surface area contributed by atoms with Crippen LogP contribution in [0.1, 0.15) is 105 Å². The number of hydrogen-bond acceptors (Lipinski definition) is 4. The lowest BCUT2D eigenvalue weighted by Gasteiger charge is -2.28. The predicted molar refractivity (Wildman–Crippen MR) is 300 cm³/mol. The molecule has 0 radical (unpaired) electrons. The van der Waals surface area contributed by atoms with E-state index in [1.807, 2.05) is 0 Å². The fourth-order valence-corrected chi connectivity index (χ4v) is 10.3. The van der Waals surface area contributed by atoms with Crippen molar-refractivity contribution in [3.63, 3.8) is 0 Å². The third-order valence-corrected chi connectivity index (χ3v) is 14.5.